The Balaban J connectivity index is 4.18. The Labute approximate surface area is 196 Å². The Morgan fingerprint density at radius 1 is 0.656 bits per heavy atom. The summed E-state index contributed by atoms with van der Waals surface area (Å²) in [5.41, 5.74) is 0. The first kappa shape index (κ1) is 30.9. The van der Waals surface area contributed by atoms with Crippen LogP contribution in [0.5, 0.6) is 0 Å². The fourth-order valence-corrected chi connectivity index (χ4v) is 3.76. The summed E-state index contributed by atoms with van der Waals surface area (Å²) in [7, 11) is 0. The van der Waals surface area contributed by atoms with E-state index in [9.17, 15) is 9.59 Å². The number of carbonyl (C=O) groups is 2. The molecular weight excluding hydrogens is 408 g/mol. The zero-order valence-corrected chi connectivity index (χ0v) is 20.8. The highest BCUT2D eigenvalue weighted by molar-refractivity contribution is 5.72. The van der Waals surface area contributed by atoms with Crippen LogP contribution in [0.3, 0.4) is 0 Å². The van der Waals surface area contributed by atoms with Gasteiger partial charge in [0.25, 0.3) is 0 Å². The number of unbranched alkanes of at least 4 members (excludes halogenated alkanes) is 10. The molecule has 0 rings (SSSR count). The lowest BCUT2D eigenvalue weighted by atomic mass is 9.91. The lowest BCUT2D eigenvalue weighted by molar-refractivity contribution is -0.151. The van der Waals surface area contributed by atoms with Crippen LogP contribution in [0.4, 0.5) is 0 Å². The molecule has 6 heteroatoms. The first-order valence-corrected chi connectivity index (χ1v) is 13.1. The van der Waals surface area contributed by atoms with Crippen LogP contribution in [0.1, 0.15) is 117 Å². The van der Waals surface area contributed by atoms with E-state index in [1.807, 2.05) is 0 Å². The van der Waals surface area contributed by atoms with Gasteiger partial charge in [0.15, 0.2) is 0 Å². The van der Waals surface area contributed by atoms with E-state index in [2.05, 4.69) is 13.8 Å². The van der Waals surface area contributed by atoms with Gasteiger partial charge in [-0.15, -0.1) is 0 Å². The minimum absolute atomic E-state index is 0.00512. The predicted octanol–water partition coefficient (Wildman–Crippen LogP) is 5.57. The molecular formula is C26H50O6. The smallest absolute Gasteiger partial charge is 0.309 e. The second-order valence-electron chi connectivity index (χ2n) is 9.07. The molecule has 0 bridgehead atoms. The summed E-state index contributed by atoms with van der Waals surface area (Å²) in [5.74, 6) is -0.823. The number of carbonyl (C=O) groups excluding carboxylic acids is 2. The van der Waals surface area contributed by atoms with Crippen molar-refractivity contribution in [3.8, 4) is 0 Å². The zero-order chi connectivity index (χ0) is 23.9. The molecule has 0 fully saturated rings. The molecule has 0 saturated carbocycles. The number of hydrogen-bond donors (Lipinski definition) is 2. The van der Waals surface area contributed by atoms with Gasteiger partial charge in [-0.2, -0.15) is 0 Å². The summed E-state index contributed by atoms with van der Waals surface area (Å²) in [5, 5.41) is 18.0. The molecule has 0 saturated heterocycles. The SMILES string of the molecule is CCCCCCCCC(CCCCCCCC)CC(=O)OCCC(=O)OCC(CO)CO. The molecule has 6 nitrogen and oxygen atoms in total. The quantitative estimate of drug-likeness (QED) is 0.154. The molecule has 0 heterocycles. The largest absolute Gasteiger partial charge is 0.465 e. The van der Waals surface area contributed by atoms with Crippen LogP contribution in [-0.4, -0.2) is 48.6 Å². The van der Waals surface area contributed by atoms with Gasteiger partial charge in [0.1, 0.15) is 6.61 Å². The second kappa shape index (κ2) is 23.0. The van der Waals surface area contributed by atoms with Gasteiger partial charge in [0.05, 0.1) is 26.2 Å². The van der Waals surface area contributed by atoms with Gasteiger partial charge >= 0.3 is 11.9 Å². The topological polar surface area (TPSA) is 93.1 Å². The van der Waals surface area contributed by atoms with Gasteiger partial charge in [-0.05, 0) is 18.8 Å². The van der Waals surface area contributed by atoms with Crippen molar-refractivity contribution in [1.82, 2.24) is 0 Å². The molecule has 0 atom stereocenters. The minimum atomic E-state index is -0.486. The van der Waals surface area contributed by atoms with Crippen LogP contribution in [0.25, 0.3) is 0 Å². The third kappa shape index (κ3) is 19.5. The van der Waals surface area contributed by atoms with Crippen molar-refractivity contribution in [2.24, 2.45) is 11.8 Å². The van der Waals surface area contributed by atoms with Gasteiger partial charge in [-0.3, -0.25) is 9.59 Å². The van der Waals surface area contributed by atoms with E-state index in [1.165, 1.54) is 77.0 Å². The number of rotatable bonds is 23. The van der Waals surface area contributed by atoms with E-state index in [4.69, 9.17) is 19.7 Å². The summed E-state index contributed by atoms with van der Waals surface area (Å²) in [6.45, 7) is 3.96. The third-order valence-corrected chi connectivity index (χ3v) is 5.95. The van der Waals surface area contributed by atoms with Gasteiger partial charge in [-0.1, -0.05) is 90.9 Å². The van der Waals surface area contributed by atoms with Gasteiger partial charge in [-0.25, -0.2) is 0 Å². The summed E-state index contributed by atoms with van der Waals surface area (Å²) in [6, 6.07) is 0. The summed E-state index contributed by atoms with van der Waals surface area (Å²) in [6.07, 6.45) is 17.6. The molecule has 32 heavy (non-hydrogen) atoms. The van der Waals surface area contributed by atoms with Gasteiger partial charge < -0.3 is 19.7 Å². The van der Waals surface area contributed by atoms with E-state index in [-0.39, 0.29) is 38.8 Å². The fraction of sp³-hybridized carbons (Fsp3) is 0.923. The van der Waals surface area contributed by atoms with E-state index < -0.39 is 11.9 Å². The number of esters is 2. The molecule has 0 radical (unpaired) electrons. The van der Waals surface area contributed by atoms with Crippen molar-refractivity contribution < 1.29 is 29.3 Å². The van der Waals surface area contributed by atoms with Gasteiger partial charge in [0, 0.05) is 12.3 Å². The number of aliphatic hydroxyl groups is 2. The van der Waals surface area contributed by atoms with Crippen LogP contribution in [0.2, 0.25) is 0 Å². The average molecular weight is 459 g/mol. The number of aliphatic hydroxyl groups excluding tert-OH is 2. The zero-order valence-electron chi connectivity index (χ0n) is 20.8. The lowest BCUT2D eigenvalue weighted by Gasteiger charge is -2.16. The van der Waals surface area contributed by atoms with Crippen LogP contribution < -0.4 is 0 Å². The highest BCUT2D eigenvalue weighted by atomic mass is 16.5. The summed E-state index contributed by atoms with van der Waals surface area (Å²) < 4.78 is 10.3. The maximum atomic E-state index is 12.3. The number of ether oxygens (including phenoxy) is 2. The molecule has 0 amide bonds. The Morgan fingerprint density at radius 3 is 1.66 bits per heavy atom. The van der Waals surface area contributed by atoms with Crippen LogP contribution >= 0.6 is 0 Å². The van der Waals surface area contributed by atoms with Crippen molar-refractivity contribution in [3.63, 3.8) is 0 Å². The molecule has 190 valence electrons. The summed E-state index contributed by atoms with van der Waals surface area (Å²) >= 11 is 0. The normalized spacial score (nSPS) is 11.3. The molecule has 0 spiro atoms. The first-order valence-electron chi connectivity index (χ1n) is 13.1. The Morgan fingerprint density at radius 2 is 1.16 bits per heavy atom. The molecule has 0 aromatic carbocycles. The van der Waals surface area contributed by atoms with Crippen molar-refractivity contribution in [3.05, 3.63) is 0 Å². The standard InChI is InChI=1S/C26H50O6/c1-3-5-7-9-11-13-15-23(16-14-12-10-8-6-4-2)19-26(30)31-18-17-25(29)32-22-24(20-27)21-28/h23-24,27-28H,3-22H2,1-2H3. The van der Waals surface area contributed by atoms with E-state index >= 15 is 0 Å². The minimum Gasteiger partial charge on any atom is -0.465 e. The maximum Gasteiger partial charge on any atom is 0.309 e. The van der Waals surface area contributed by atoms with E-state index in [0.29, 0.717) is 12.3 Å². The molecule has 0 aromatic rings. The Bertz CT molecular complexity index is 420. The second-order valence-corrected chi connectivity index (χ2v) is 9.07. The van der Waals surface area contributed by atoms with Crippen molar-refractivity contribution in [2.75, 3.05) is 26.4 Å². The molecule has 0 aromatic heterocycles. The predicted molar refractivity (Wildman–Crippen MR) is 128 cm³/mol. The Kier molecular flexibility index (Phi) is 22.2. The molecule has 0 aliphatic heterocycles. The van der Waals surface area contributed by atoms with Gasteiger partial charge in [0.2, 0.25) is 0 Å². The maximum absolute atomic E-state index is 12.3. The highest BCUT2D eigenvalue weighted by Gasteiger charge is 2.16. The van der Waals surface area contributed by atoms with Crippen molar-refractivity contribution in [2.45, 2.75) is 117 Å². The molecule has 0 unspecified atom stereocenters. The van der Waals surface area contributed by atoms with Crippen molar-refractivity contribution in [1.29, 1.82) is 0 Å². The first-order chi connectivity index (χ1) is 15.6. The number of hydrogen-bond acceptors (Lipinski definition) is 6. The summed E-state index contributed by atoms with van der Waals surface area (Å²) in [4.78, 5) is 24.0. The average Bonchev–Trinajstić information content (AvgIpc) is 2.78. The van der Waals surface area contributed by atoms with Crippen molar-refractivity contribution >= 4 is 11.9 Å². The fourth-order valence-electron chi connectivity index (χ4n) is 3.76. The lowest BCUT2D eigenvalue weighted by Crippen LogP contribution is -2.21. The highest BCUT2D eigenvalue weighted by Crippen LogP contribution is 2.22. The molecule has 0 aliphatic rings. The van der Waals surface area contributed by atoms with E-state index in [0.717, 1.165) is 12.8 Å². The molecule has 2 N–H and O–H groups in total. The Hall–Kier alpha value is -1.14. The van der Waals surface area contributed by atoms with Crippen LogP contribution in [0, 0.1) is 11.8 Å². The monoisotopic (exact) mass is 458 g/mol. The molecule has 0 aliphatic carbocycles. The van der Waals surface area contributed by atoms with E-state index in [1.54, 1.807) is 0 Å². The third-order valence-electron chi connectivity index (χ3n) is 5.95. The van der Waals surface area contributed by atoms with Crippen LogP contribution in [-0.2, 0) is 19.1 Å². The van der Waals surface area contributed by atoms with Crippen LogP contribution in [0.15, 0.2) is 0 Å².